The lowest BCUT2D eigenvalue weighted by molar-refractivity contribution is -0.149. The van der Waals surface area contributed by atoms with Gasteiger partial charge in [0.05, 0.1) is 18.5 Å². The summed E-state index contributed by atoms with van der Waals surface area (Å²) in [5.41, 5.74) is 6.64. The molecule has 3 rings (SSSR count). The number of aliphatic hydroxyl groups is 1. The highest BCUT2D eigenvalue weighted by atomic mass is 31.1. The van der Waals surface area contributed by atoms with Gasteiger partial charge in [0.15, 0.2) is 23.2 Å². The smallest absolute Gasteiger partial charge is 0.462 e. The number of nitrogens with two attached hydrogens (primary N) is 1. The second-order valence-corrected chi connectivity index (χ2v) is 10.0. The summed E-state index contributed by atoms with van der Waals surface area (Å²) in [6, 6.07) is -0.547. The van der Waals surface area contributed by atoms with Crippen molar-refractivity contribution < 1.29 is 32.9 Å². The Morgan fingerprint density at radius 2 is 2.06 bits per heavy atom. The molecule has 0 radical (unpaired) electrons. The van der Waals surface area contributed by atoms with Crippen molar-refractivity contribution in [1.29, 1.82) is 0 Å². The zero-order valence-electron chi connectivity index (χ0n) is 21.0. The minimum absolute atomic E-state index is 0.00736. The third kappa shape index (κ3) is 7.04. The molecule has 1 aliphatic rings. The molecule has 13 nitrogen and oxygen atoms in total. The highest BCUT2D eigenvalue weighted by molar-refractivity contribution is 7.36. The molecule has 0 aliphatic heterocycles. The average Bonchev–Trinajstić information content (AvgIpc) is 3.58. The van der Waals surface area contributed by atoms with Crippen LogP contribution in [0.1, 0.15) is 46.8 Å². The van der Waals surface area contributed by atoms with Gasteiger partial charge in [-0.25, -0.2) is 9.37 Å². The van der Waals surface area contributed by atoms with Crippen molar-refractivity contribution in [2.75, 3.05) is 31.0 Å². The topological polar surface area (TPSA) is 167 Å². The normalized spacial score (nSPS) is 17.6. The molecule has 15 heteroatoms. The first kappa shape index (κ1) is 28.1. The van der Waals surface area contributed by atoms with Crippen LogP contribution < -0.4 is 15.7 Å². The molecule has 2 heterocycles. The van der Waals surface area contributed by atoms with Crippen LogP contribution in [0.2, 0.25) is 0 Å². The van der Waals surface area contributed by atoms with Gasteiger partial charge in [0.1, 0.15) is 25.4 Å². The number of aromatic nitrogens is 4. The zero-order valence-corrected chi connectivity index (χ0v) is 21.9. The zero-order chi connectivity index (χ0) is 26.6. The van der Waals surface area contributed by atoms with Gasteiger partial charge in [-0.2, -0.15) is 9.97 Å². The average molecular weight is 531 g/mol. The van der Waals surface area contributed by atoms with Crippen molar-refractivity contribution in [3.05, 3.63) is 6.33 Å². The van der Waals surface area contributed by atoms with Crippen LogP contribution in [0.5, 0.6) is 0 Å². The maximum Gasteiger partial charge on any atom is 0.613 e. The second-order valence-electron chi connectivity index (χ2n) is 8.98. The van der Waals surface area contributed by atoms with Gasteiger partial charge in [0.2, 0.25) is 5.95 Å². The number of nitrogens with zero attached hydrogens (tertiary/aromatic N) is 5. The van der Waals surface area contributed by atoms with Crippen molar-refractivity contribution in [1.82, 2.24) is 24.6 Å². The number of carbonyl (C=O) groups is 1. The number of hydrogen-bond donors (Lipinski definition) is 3. The van der Waals surface area contributed by atoms with E-state index in [0.717, 1.165) is 12.8 Å². The fraction of sp³-hybridized carbons (Fsp3) is 0.714. The molecular weight excluding hydrogens is 496 g/mol. The Bertz CT molecular complexity index is 1070. The number of alkyl halides is 1. The van der Waals surface area contributed by atoms with Crippen LogP contribution in [0.25, 0.3) is 11.2 Å². The number of nitrogen functional groups attached to an aromatic ring is 1. The molecule has 1 fully saturated rings. The number of carbonyl (C=O) groups excluding carboxylic acids is 1. The number of rotatable bonds is 14. The van der Waals surface area contributed by atoms with E-state index in [1.165, 1.54) is 24.7 Å². The standard InChI is InChI=1S/C21H34FN7O6P/c1-11(2)34-20(31)12(3)27-36(32)33-9-15(13(4)30)35-16(8-22)29-10-24-17-18(28(5)14-6-7-14)25-21(23)26-19(17)29/h10-16,30H,6-9H2,1-5H3,(H,27,32)(H2,23,25,26)/q+1/t12-,13-,15+,16+/m0/s1. The Morgan fingerprint density at radius 1 is 1.36 bits per heavy atom. The number of aliphatic hydroxyl groups excluding tert-OH is 1. The van der Waals surface area contributed by atoms with Gasteiger partial charge in [-0.15, -0.1) is 4.52 Å². The number of hydrogen-bond acceptors (Lipinski definition) is 11. The summed E-state index contributed by atoms with van der Waals surface area (Å²) >= 11 is 0. The molecule has 2 aromatic heterocycles. The van der Waals surface area contributed by atoms with E-state index in [1.807, 2.05) is 11.9 Å². The van der Waals surface area contributed by atoms with E-state index >= 15 is 0 Å². The van der Waals surface area contributed by atoms with Crippen molar-refractivity contribution in [2.45, 2.75) is 77.2 Å². The minimum atomic E-state index is -2.50. The van der Waals surface area contributed by atoms with Gasteiger partial charge in [-0.3, -0.25) is 9.36 Å². The van der Waals surface area contributed by atoms with Crippen LogP contribution >= 0.6 is 8.18 Å². The van der Waals surface area contributed by atoms with Crippen LogP contribution in [-0.2, 0) is 23.4 Å². The van der Waals surface area contributed by atoms with Gasteiger partial charge in [-0.05, 0) is 45.1 Å². The van der Waals surface area contributed by atoms with Crippen molar-refractivity contribution in [3.8, 4) is 0 Å². The van der Waals surface area contributed by atoms with Crippen LogP contribution in [-0.4, -0.2) is 81.3 Å². The molecule has 36 heavy (non-hydrogen) atoms. The molecule has 5 atom stereocenters. The predicted molar refractivity (Wildman–Crippen MR) is 130 cm³/mol. The van der Waals surface area contributed by atoms with E-state index < -0.39 is 45.3 Å². The van der Waals surface area contributed by atoms with Gasteiger partial charge in [0.25, 0.3) is 0 Å². The summed E-state index contributed by atoms with van der Waals surface area (Å²) in [5.74, 6) is -0.0365. The Labute approximate surface area is 209 Å². The Morgan fingerprint density at radius 3 is 2.64 bits per heavy atom. The molecule has 0 amide bonds. The molecule has 1 aliphatic carbocycles. The molecule has 0 bridgehead atoms. The summed E-state index contributed by atoms with van der Waals surface area (Å²) in [6.07, 6.45) is -0.273. The fourth-order valence-electron chi connectivity index (χ4n) is 3.40. The third-order valence-electron chi connectivity index (χ3n) is 5.52. The summed E-state index contributed by atoms with van der Waals surface area (Å²) < 4.78 is 43.9. The SMILES string of the molecule is CC(C)OC(=O)[C@H](C)N[P+](=O)OC[C@@H](O[C@H](CF)n1cnc2c(N(C)C3CC3)nc(N)nc21)[C@H](C)O. The number of nitrogens with one attached hydrogen (secondary N) is 1. The Kier molecular flexibility index (Phi) is 9.47. The molecule has 4 N–H and O–H groups in total. The molecule has 0 saturated heterocycles. The molecule has 1 unspecified atom stereocenters. The first-order valence-corrected chi connectivity index (χ1v) is 12.9. The number of fused-ring (bicyclic) bond motifs is 1. The van der Waals surface area contributed by atoms with E-state index in [2.05, 4.69) is 20.0 Å². The molecule has 0 spiro atoms. The van der Waals surface area contributed by atoms with E-state index in [9.17, 15) is 18.9 Å². The molecule has 1 saturated carbocycles. The number of anilines is 2. The van der Waals surface area contributed by atoms with E-state index in [0.29, 0.717) is 17.4 Å². The van der Waals surface area contributed by atoms with E-state index in [1.54, 1.807) is 13.8 Å². The van der Waals surface area contributed by atoms with Crippen LogP contribution in [0.3, 0.4) is 0 Å². The van der Waals surface area contributed by atoms with Crippen molar-refractivity contribution in [3.63, 3.8) is 0 Å². The lowest BCUT2D eigenvalue weighted by Crippen LogP contribution is -2.36. The number of halogens is 1. The van der Waals surface area contributed by atoms with Crippen molar-refractivity contribution in [2.24, 2.45) is 0 Å². The largest absolute Gasteiger partial charge is 0.613 e. The molecule has 200 valence electrons. The number of imidazole rings is 1. The minimum Gasteiger partial charge on any atom is -0.462 e. The third-order valence-corrected chi connectivity index (χ3v) is 6.50. The number of ether oxygens (including phenoxy) is 2. The monoisotopic (exact) mass is 530 g/mol. The summed E-state index contributed by atoms with van der Waals surface area (Å²) in [5, 5.41) is 12.7. The van der Waals surface area contributed by atoms with Crippen LogP contribution in [0.4, 0.5) is 16.2 Å². The maximum atomic E-state index is 14.1. The van der Waals surface area contributed by atoms with E-state index in [-0.39, 0.29) is 24.3 Å². The number of esters is 1. The summed E-state index contributed by atoms with van der Waals surface area (Å²) in [7, 11) is -0.612. The van der Waals surface area contributed by atoms with Crippen molar-refractivity contribution >= 4 is 37.1 Å². The van der Waals surface area contributed by atoms with Gasteiger partial charge >= 0.3 is 14.1 Å². The molecular formula is C21H34FN7O6P+. The lowest BCUT2D eigenvalue weighted by Gasteiger charge is -2.24. The highest BCUT2D eigenvalue weighted by Crippen LogP contribution is 2.33. The molecule has 2 aromatic rings. The summed E-state index contributed by atoms with van der Waals surface area (Å²) in [4.78, 5) is 26.7. The maximum absolute atomic E-state index is 14.1. The van der Waals surface area contributed by atoms with Gasteiger partial charge in [-0.1, -0.05) is 5.09 Å². The Balaban J connectivity index is 1.70. The van der Waals surface area contributed by atoms with Crippen LogP contribution in [0, 0.1) is 0 Å². The molecule has 0 aromatic carbocycles. The Hall–Kier alpha value is -2.51. The quantitative estimate of drug-likeness (QED) is 0.240. The highest BCUT2D eigenvalue weighted by Gasteiger charge is 2.33. The van der Waals surface area contributed by atoms with E-state index in [4.69, 9.17) is 19.7 Å². The first-order valence-electron chi connectivity index (χ1n) is 11.7. The van der Waals surface area contributed by atoms with Crippen LogP contribution in [0.15, 0.2) is 6.33 Å². The van der Waals surface area contributed by atoms with Gasteiger partial charge in [0, 0.05) is 13.1 Å². The lowest BCUT2D eigenvalue weighted by atomic mass is 10.2. The van der Waals surface area contributed by atoms with Gasteiger partial charge < -0.3 is 25.2 Å². The predicted octanol–water partition coefficient (Wildman–Crippen LogP) is 1.84. The first-order chi connectivity index (χ1) is 17.0. The fourth-order valence-corrected chi connectivity index (χ4v) is 4.18. The second kappa shape index (κ2) is 12.2. The summed E-state index contributed by atoms with van der Waals surface area (Å²) in [6.45, 7) is 4.99.